The lowest BCUT2D eigenvalue weighted by Crippen LogP contribution is -2.40. The monoisotopic (exact) mass is 408 g/mol. The zero-order valence-corrected chi connectivity index (χ0v) is 16.7. The zero-order valence-electron chi connectivity index (χ0n) is 15.2. The predicted molar refractivity (Wildman–Crippen MR) is 105 cm³/mol. The van der Waals surface area contributed by atoms with Crippen molar-refractivity contribution < 1.29 is 17.9 Å². The van der Waals surface area contributed by atoms with Crippen molar-refractivity contribution >= 4 is 33.2 Å². The van der Waals surface area contributed by atoms with Crippen LogP contribution in [0.5, 0.6) is 0 Å². The number of sulfonamides is 1. The number of anilines is 1. The molecule has 0 atom stereocenters. The lowest BCUT2D eigenvalue weighted by Gasteiger charge is -2.27. The molecule has 1 aliphatic rings. The van der Waals surface area contributed by atoms with Crippen LogP contribution < -0.4 is 4.72 Å². The Balaban J connectivity index is 1.92. The van der Waals surface area contributed by atoms with Gasteiger partial charge >= 0.3 is 0 Å². The van der Waals surface area contributed by atoms with E-state index in [1.165, 1.54) is 18.2 Å². The molecule has 6 nitrogen and oxygen atoms in total. The number of amides is 1. The number of carbonyl (C=O) groups excluding carboxylic acids is 1. The Morgan fingerprint density at radius 3 is 2.52 bits per heavy atom. The van der Waals surface area contributed by atoms with E-state index in [1.807, 2.05) is 26.0 Å². The fraction of sp³-hybridized carbons (Fsp3) is 0.316. The standard InChI is InChI=1S/C19H21ClN2O4S/c1-13-3-4-14(2)17(11-13)21-27(24,25)18-12-15(5-6-16(18)20)19(23)22-7-9-26-10-8-22/h3-6,11-12,21H,7-10H2,1-2H3. The smallest absolute Gasteiger partial charge is 0.263 e. The number of rotatable bonds is 4. The summed E-state index contributed by atoms with van der Waals surface area (Å²) in [5, 5.41) is 0.0614. The van der Waals surface area contributed by atoms with Crippen LogP contribution >= 0.6 is 11.6 Å². The van der Waals surface area contributed by atoms with Crippen LogP contribution in [0, 0.1) is 13.8 Å². The van der Waals surface area contributed by atoms with E-state index in [-0.39, 0.29) is 21.4 Å². The first kappa shape index (κ1) is 19.7. The average Bonchev–Trinajstić information content (AvgIpc) is 2.65. The third-order valence-electron chi connectivity index (χ3n) is 4.40. The minimum Gasteiger partial charge on any atom is -0.378 e. The molecule has 2 aromatic carbocycles. The SMILES string of the molecule is Cc1ccc(C)c(NS(=O)(=O)c2cc(C(=O)N3CCOCC3)ccc2Cl)c1. The van der Waals surface area contributed by atoms with Crippen molar-refractivity contribution in [2.24, 2.45) is 0 Å². The Morgan fingerprint density at radius 2 is 1.81 bits per heavy atom. The van der Waals surface area contributed by atoms with E-state index in [0.717, 1.165) is 11.1 Å². The highest BCUT2D eigenvalue weighted by atomic mass is 35.5. The van der Waals surface area contributed by atoms with Gasteiger partial charge < -0.3 is 9.64 Å². The molecule has 0 radical (unpaired) electrons. The Bertz CT molecular complexity index is 970. The highest BCUT2D eigenvalue weighted by Gasteiger charge is 2.24. The molecule has 1 amide bonds. The Morgan fingerprint density at radius 1 is 1.11 bits per heavy atom. The van der Waals surface area contributed by atoms with Gasteiger partial charge in [-0.2, -0.15) is 0 Å². The number of aryl methyl sites for hydroxylation is 2. The van der Waals surface area contributed by atoms with Crippen molar-refractivity contribution in [2.45, 2.75) is 18.7 Å². The molecule has 27 heavy (non-hydrogen) atoms. The van der Waals surface area contributed by atoms with Crippen molar-refractivity contribution in [3.8, 4) is 0 Å². The number of hydrogen-bond donors (Lipinski definition) is 1. The van der Waals surface area contributed by atoms with Gasteiger partial charge in [0, 0.05) is 18.7 Å². The number of carbonyl (C=O) groups is 1. The largest absolute Gasteiger partial charge is 0.378 e. The number of ether oxygens (including phenoxy) is 1. The Kier molecular flexibility index (Phi) is 5.74. The van der Waals surface area contributed by atoms with E-state index in [2.05, 4.69) is 4.72 Å². The fourth-order valence-electron chi connectivity index (χ4n) is 2.84. The first-order chi connectivity index (χ1) is 12.8. The van der Waals surface area contributed by atoms with Gasteiger partial charge in [0.05, 0.1) is 23.9 Å². The van der Waals surface area contributed by atoms with Crippen LogP contribution in [0.4, 0.5) is 5.69 Å². The molecule has 1 N–H and O–H groups in total. The minimum atomic E-state index is -3.95. The van der Waals surface area contributed by atoms with E-state index in [9.17, 15) is 13.2 Å². The molecule has 0 aliphatic carbocycles. The van der Waals surface area contributed by atoms with E-state index < -0.39 is 10.0 Å². The topological polar surface area (TPSA) is 75.7 Å². The highest BCUT2D eigenvalue weighted by molar-refractivity contribution is 7.92. The highest BCUT2D eigenvalue weighted by Crippen LogP contribution is 2.27. The van der Waals surface area contributed by atoms with Gasteiger partial charge in [-0.1, -0.05) is 23.7 Å². The average molecular weight is 409 g/mol. The number of halogens is 1. The molecule has 0 unspecified atom stereocenters. The second kappa shape index (κ2) is 7.88. The van der Waals surface area contributed by atoms with Crippen LogP contribution in [-0.2, 0) is 14.8 Å². The van der Waals surface area contributed by atoms with Crippen molar-refractivity contribution in [3.05, 3.63) is 58.1 Å². The minimum absolute atomic E-state index is 0.0614. The summed E-state index contributed by atoms with van der Waals surface area (Å²) in [5.74, 6) is -0.238. The normalized spacial score (nSPS) is 14.9. The maximum absolute atomic E-state index is 12.9. The molecule has 144 valence electrons. The van der Waals surface area contributed by atoms with Crippen molar-refractivity contribution in [3.63, 3.8) is 0 Å². The molecule has 1 fully saturated rings. The second-order valence-electron chi connectivity index (χ2n) is 6.47. The number of benzene rings is 2. The maximum Gasteiger partial charge on any atom is 0.263 e. The molecule has 0 aromatic heterocycles. The molecule has 1 heterocycles. The lowest BCUT2D eigenvalue weighted by atomic mass is 10.1. The molecule has 3 rings (SSSR count). The first-order valence-electron chi connectivity index (χ1n) is 8.54. The number of morpholine rings is 1. The second-order valence-corrected chi connectivity index (χ2v) is 8.53. The summed E-state index contributed by atoms with van der Waals surface area (Å²) >= 11 is 6.14. The van der Waals surface area contributed by atoms with Gasteiger partial charge in [-0.15, -0.1) is 0 Å². The summed E-state index contributed by atoms with van der Waals surface area (Å²) in [4.78, 5) is 14.2. The molecule has 1 aliphatic heterocycles. The molecule has 2 aromatic rings. The first-order valence-corrected chi connectivity index (χ1v) is 10.4. The zero-order chi connectivity index (χ0) is 19.6. The van der Waals surface area contributed by atoms with Crippen LogP contribution in [0.3, 0.4) is 0 Å². The van der Waals surface area contributed by atoms with Gasteiger partial charge in [0.15, 0.2) is 0 Å². The Hall–Kier alpha value is -2.09. The van der Waals surface area contributed by atoms with Gasteiger partial charge in [0.1, 0.15) is 4.90 Å². The van der Waals surface area contributed by atoms with E-state index in [1.54, 1.807) is 11.0 Å². The van der Waals surface area contributed by atoms with Gasteiger partial charge in [0.25, 0.3) is 15.9 Å². The van der Waals surface area contributed by atoms with E-state index in [4.69, 9.17) is 16.3 Å². The van der Waals surface area contributed by atoms with Crippen LogP contribution in [-0.4, -0.2) is 45.5 Å². The number of hydrogen-bond acceptors (Lipinski definition) is 4. The number of nitrogens with one attached hydrogen (secondary N) is 1. The van der Waals surface area contributed by atoms with Gasteiger partial charge in [-0.25, -0.2) is 8.42 Å². The number of nitrogens with zero attached hydrogens (tertiary/aromatic N) is 1. The van der Waals surface area contributed by atoms with Crippen LogP contribution in [0.1, 0.15) is 21.5 Å². The summed E-state index contributed by atoms with van der Waals surface area (Å²) in [7, 11) is -3.95. The van der Waals surface area contributed by atoms with E-state index in [0.29, 0.717) is 32.0 Å². The maximum atomic E-state index is 12.9. The quantitative estimate of drug-likeness (QED) is 0.842. The van der Waals surface area contributed by atoms with Gasteiger partial charge in [0.2, 0.25) is 0 Å². The molecular weight excluding hydrogens is 388 g/mol. The van der Waals surface area contributed by atoms with Crippen LogP contribution in [0.15, 0.2) is 41.3 Å². The summed E-state index contributed by atoms with van der Waals surface area (Å²) in [6, 6.07) is 9.80. The third-order valence-corrected chi connectivity index (χ3v) is 6.25. The molecule has 0 bridgehead atoms. The molecule has 0 spiro atoms. The summed E-state index contributed by atoms with van der Waals surface area (Å²) in [5.41, 5.74) is 2.49. The molecule has 0 saturated carbocycles. The van der Waals surface area contributed by atoms with Crippen molar-refractivity contribution in [1.82, 2.24) is 4.90 Å². The van der Waals surface area contributed by atoms with Crippen molar-refractivity contribution in [2.75, 3.05) is 31.0 Å². The summed E-state index contributed by atoms with van der Waals surface area (Å²) in [6.45, 7) is 5.59. The summed E-state index contributed by atoms with van der Waals surface area (Å²) in [6.07, 6.45) is 0. The summed E-state index contributed by atoms with van der Waals surface area (Å²) < 4.78 is 33.6. The molecule has 1 saturated heterocycles. The molecular formula is C19H21ClN2O4S. The fourth-order valence-corrected chi connectivity index (χ4v) is 4.49. The molecule has 8 heteroatoms. The third kappa shape index (κ3) is 4.43. The van der Waals surface area contributed by atoms with Gasteiger partial charge in [-0.05, 0) is 49.2 Å². The van der Waals surface area contributed by atoms with Crippen LogP contribution in [0.2, 0.25) is 5.02 Å². The van der Waals surface area contributed by atoms with Gasteiger partial charge in [-0.3, -0.25) is 9.52 Å². The van der Waals surface area contributed by atoms with Crippen molar-refractivity contribution in [1.29, 1.82) is 0 Å². The predicted octanol–water partition coefficient (Wildman–Crippen LogP) is 3.23. The lowest BCUT2D eigenvalue weighted by molar-refractivity contribution is 0.0302. The van der Waals surface area contributed by atoms with Crippen LogP contribution in [0.25, 0.3) is 0 Å². The van der Waals surface area contributed by atoms with E-state index >= 15 is 0 Å². The Labute approximate surface area is 164 Å².